The van der Waals surface area contributed by atoms with Crippen LogP contribution in [0.4, 0.5) is 0 Å². The monoisotopic (exact) mass is 247 g/mol. The zero-order valence-electron chi connectivity index (χ0n) is 11.1. The van der Waals surface area contributed by atoms with Gasteiger partial charge in [-0.25, -0.2) is 0 Å². The minimum atomic E-state index is -0.470. The molecule has 3 heteroatoms. The van der Waals surface area contributed by atoms with Crippen LogP contribution in [0, 0.1) is 5.92 Å². The van der Waals surface area contributed by atoms with E-state index >= 15 is 0 Å². The fraction of sp³-hybridized carbons (Fsp3) is 0.533. The average molecular weight is 247 g/mol. The van der Waals surface area contributed by atoms with E-state index in [1.807, 2.05) is 49.1 Å². The minimum Gasteiger partial charge on any atom is -0.396 e. The molecule has 1 saturated carbocycles. The summed E-state index contributed by atoms with van der Waals surface area (Å²) in [7, 11) is 0. The van der Waals surface area contributed by atoms with Gasteiger partial charge < -0.3 is 10.0 Å². The SMILES string of the molecule is CCN(CC)C(=O)[C@@]1(c2ccccc2)C[C@H]1CO. The molecule has 0 unspecified atom stereocenters. The Morgan fingerprint density at radius 3 is 2.39 bits per heavy atom. The second-order valence-corrected chi connectivity index (χ2v) is 4.90. The van der Waals surface area contributed by atoms with E-state index in [9.17, 15) is 9.90 Å². The predicted octanol–water partition coefficient (Wildman–Crippen LogP) is 1.81. The molecule has 1 fully saturated rings. The van der Waals surface area contributed by atoms with Gasteiger partial charge in [-0.2, -0.15) is 0 Å². The number of nitrogens with zero attached hydrogens (tertiary/aromatic N) is 1. The van der Waals surface area contributed by atoms with Crippen LogP contribution in [0.3, 0.4) is 0 Å². The molecule has 0 heterocycles. The highest BCUT2D eigenvalue weighted by Crippen LogP contribution is 2.55. The molecule has 2 atom stereocenters. The van der Waals surface area contributed by atoms with E-state index in [2.05, 4.69) is 0 Å². The van der Waals surface area contributed by atoms with Crippen LogP contribution in [0.2, 0.25) is 0 Å². The van der Waals surface area contributed by atoms with Gasteiger partial charge in [-0.15, -0.1) is 0 Å². The summed E-state index contributed by atoms with van der Waals surface area (Å²) in [5, 5.41) is 9.41. The molecule has 3 nitrogen and oxygen atoms in total. The average Bonchev–Trinajstić information content (AvgIpc) is 3.17. The smallest absolute Gasteiger partial charge is 0.233 e. The number of carbonyl (C=O) groups excluding carboxylic acids is 1. The molecule has 2 rings (SSSR count). The van der Waals surface area contributed by atoms with Crippen molar-refractivity contribution in [1.82, 2.24) is 4.90 Å². The maximum Gasteiger partial charge on any atom is 0.233 e. The third-order valence-electron chi connectivity index (χ3n) is 4.05. The number of carbonyl (C=O) groups is 1. The molecule has 1 amide bonds. The van der Waals surface area contributed by atoms with E-state index in [4.69, 9.17) is 0 Å². The molecular weight excluding hydrogens is 226 g/mol. The lowest BCUT2D eigenvalue weighted by Gasteiger charge is -2.26. The summed E-state index contributed by atoms with van der Waals surface area (Å²) in [5.41, 5.74) is 0.572. The first-order valence-corrected chi connectivity index (χ1v) is 6.66. The Morgan fingerprint density at radius 1 is 1.33 bits per heavy atom. The number of rotatable bonds is 5. The number of aliphatic hydroxyl groups excluding tert-OH is 1. The van der Waals surface area contributed by atoms with Gasteiger partial charge in [-0.3, -0.25) is 4.79 Å². The molecule has 0 aromatic heterocycles. The second-order valence-electron chi connectivity index (χ2n) is 4.90. The zero-order valence-corrected chi connectivity index (χ0v) is 11.1. The lowest BCUT2D eigenvalue weighted by molar-refractivity contribution is -0.134. The van der Waals surface area contributed by atoms with Crippen LogP contribution in [0.5, 0.6) is 0 Å². The number of benzene rings is 1. The van der Waals surface area contributed by atoms with E-state index in [0.717, 1.165) is 25.1 Å². The van der Waals surface area contributed by atoms with Crippen LogP contribution in [0.25, 0.3) is 0 Å². The fourth-order valence-corrected chi connectivity index (χ4v) is 2.82. The summed E-state index contributed by atoms with van der Waals surface area (Å²) in [6.07, 6.45) is 0.767. The Balaban J connectivity index is 2.32. The van der Waals surface area contributed by atoms with Gasteiger partial charge in [0.15, 0.2) is 0 Å². The van der Waals surface area contributed by atoms with Crippen LogP contribution < -0.4 is 0 Å². The van der Waals surface area contributed by atoms with E-state index in [0.29, 0.717) is 0 Å². The summed E-state index contributed by atoms with van der Waals surface area (Å²) in [4.78, 5) is 14.5. The molecule has 18 heavy (non-hydrogen) atoms. The van der Waals surface area contributed by atoms with Gasteiger partial charge in [-0.1, -0.05) is 30.3 Å². The molecule has 1 aromatic carbocycles. The Morgan fingerprint density at radius 2 is 1.94 bits per heavy atom. The molecule has 1 aromatic rings. The van der Waals surface area contributed by atoms with Crippen molar-refractivity contribution in [3.05, 3.63) is 35.9 Å². The summed E-state index contributed by atoms with van der Waals surface area (Å²) in [5.74, 6) is 0.241. The second kappa shape index (κ2) is 5.11. The number of aliphatic hydroxyl groups is 1. The molecule has 0 radical (unpaired) electrons. The molecule has 0 spiro atoms. The first-order valence-electron chi connectivity index (χ1n) is 6.66. The van der Waals surface area contributed by atoms with Gasteiger partial charge in [0, 0.05) is 25.6 Å². The van der Waals surface area contributed by atoms with Crippen molar-refractivity contribution in [3.8, 4) is 0 Å². The van der Waals surface area contributed by atoms with Gasteiger partial charge in [0.2, 0.25) is 5.91 Å². The highest BCUT2D eigenvalue weighted by molar-refractivity contribution is 5.92. The van der Waals surface area contributed by atoms with Crippen molar-refractivity contribution < 1.29 is 9.90 Å². The standard InChI is InChI=1S/C15H21NO2/c1-3-16(4-2)14(18)15(10-13(15)11-17)12-8-6-5-7-9-12/h5-9,13,17H,3-4,10-11H2,1-2H3/t13-,15+/m0/s1. The highest BCUT2D eigenvalue weighted by Gasteiger charge is 2.61. The van der Waals surface area contributed by atoms with Crippen LogP contribution in [-0.2, 0) is 10.2 Å². The van der Waals surface area contributed by atoms with Crippen LogP contribution in [0.15, 0.2) is 30.3 Å². The third-order valence-corrected chi connectivity index (χ3v) is 4.05. The van der Waals surface area contributed by atoms with E-state index in [1.54, 1.807) is 0 Å². The summed E-state index contributed by atoms with van der Waals surface area (Å²) in [6.45, 7) is 5.53. The third kappa shape index (κ3) is 1.93. The van der Waals surface area contributed by atoms with Crippen molar-refractivity contribution >= 4 is 5.91 Å². The number of hydrogen-bond acceptors (Lipinski definition) is 2. The van der Waals surface area contributed by atoms with E-state index in [1.165, 1.54) is 0 Å². The Hall–Kier alpha value is -1.35. The normalized spacial score (nSPS) is 25.8. The molecule has 1 N–H and O–H groups in total. The quantitative estimate of drug-likeness (QED) is 0.862. The Bertz CT molecular complexity index is 414. The number of amides is 1. The van der Waals surface area contributed by atoms with Crippen molar-refractivity contribution in [1.29, 1.82) is 0 Å². The molecular formula is C15H21NO2. The Kier molecular flexibility index (Phi) is 3.71. The first kappa shape index (κ1) is 13.1. The first-order chi connectivity index (χ1) is 8.70. The van der Waals surface area contributed by atoms with Crippen molar-refractivity contribution in [2.75, 3.05) is 19.7 Å². The largest absolute Gasteiger partial charge is 0.396 e. The predicted molar refractivity (Wildman–Crippen MR) is 71.2 cm³/mol. The van der Waals surface area contributed by atoms with Crippen molar-refractivity contribution in [2.24, 2.45) is 5.92 Å². The summed E-state index contributed by atoms with van der Waals surface area (Å²) in [6, 6.07) is 9.86. The van der Waals surface area contributed by atoms with Gasteiger partial charge in [0.25, 0.3) is 0 Å². The number of likely N-dealkylation sites (N-methyl/N-ethyl adjacent to an activating group) is 1. The van der Waals surface area contributed by atoms with Gasteiger partial charge in [0.1, 0.15) is 0 Å². The number of hydrogen-bond donors (Lipinski definition) is 1. The lowest BCUT2D eigenvalue weighted by atomic mass is 9.91. The molecule has 0 aliphatic heterocycles. The van der Waals surface area contributed by atoms with Crippen molar-refractivity contribution in [3.63, 3.8) is 0 Å². The van der Waals surface area contributed by atoms with Crippen LogP contribution in [-0.4, -0.2) is 35.6 Å². The van der Waals surface area contributed by atoms with Gasteiger partial charge >= 0.3 is 0 Å². The molecule has 98 valence electrons. The zero-order chi connectivity index (χ0) is 13.2. The summed E-state index contributed by atoms with van der Waals surface area (Å²) >= 11 is 0. The highest BCUT2D eigenvalue weighted by atomic mass is 16.3. The molecule has 1 aliphatic rings. The Labute approximate surface area is 108 Å². The van der Waals surface area contributed by atoms with E-state index < -0.39 is 5.41 Å². The summed E-state index contributed by atoms with van der Waals surface area (Å²) < 4.78 is 0. The minimum absolute atomic E-state index is 0.0769. The molecule has 0 saturated heterocycles. The van der Waals surface area contributed by atoms with Crippen LogP contribution >= 0.6 is 0 Å². The molecule has 0 bridgehead atoms. The maximum atomic E-state index is 12.7. The van der Waals surface area contributed by atoms with E-state index in [-0.39, 0.29) is 18.4 Å². The van der Waals surface area contributed by atoms with Crippen LogP contribution in [0.1, 0.15) is 25.8 Å². The fourth-order valence-electron chi connectivity index (χ4n) is 2.82. The van der Waals surface area contributed by atoms with Crippen molar-refractivity contribution in [2.45, 2.75) is 25.7 Å². The molecule has 1 aliphatic carbocycles. The maximum absolute atomic E-state index is 12.7. The lowest BCUT2D eigenvalue weighted by Crippen LogP contribution is -2.40. The topological polar surface area (TPSA) is 40.5 Å². The van der Waals surface area contributed by atoms with Gasteiger partial charge in [-0.05, 0) is 25.8 Å². The van der Waals surface area contributed by atoms with Gasteiger partial charge in [0.05, 0.1) is 5.41 Å².